The van der Waals surface area contributed by atoms with E-state index in [9.17, 15) is 4.79 Å². The van der Waals surface area contributed by atoms with Crippen LogP contribution in [0.1, 0.15) is 36.0 Å². The van der Waals surface area contributed by atoms with E-state index in [2.05, 4.69) is 39.6 Å². The van der Waals surface area contributed by atoms with Gasteiger partial charge in [0.2, 0.25) is 5.91 Å². The summed E-state index contributed by atoms with van der Waals surface area (Å²) < 4.78 is 0. The number of piperidine rings is 1. The number of carbonyl (C=O) groups is 1. The normalized spacial score (nSPS) is 18.0. The molecule has 1 aromatic heterocycles. The number of anilines is 1. The minimum atomic E-state index is 0.0413. The first kappa shape index (κ1) is 19.4. The molecule has 0 saturated carbocycles. The van der Waals surface area contributed by atoms with Crippen LogP contribution in [0.2, 0.25) is 0 Å². The highest BCUT2D eigenvalue weighted by Gasteiger charge is 2.16. The Kier molecular flexibility index (Phi) is 7.11. The molecule has 140 valence electrons. The van der Waals surface area contributed by atoms with Crippen molar-refractivity contribution in [1.82, 2.24) is 9.88 Å². The summed E-state index contributed by atoms with van der Waals surface area (Å²) in [6.45, 7) is 7.72. The molecule has 1 aromatic carbocycles. The van der Waals surface area contributed by atoms with Crippen LogP contribution >= 0.6 is 23.1 Å². The van der Waals surface area contributed by atoms with E-state index >= 15 is 0 Å². The van der Waals surface area contributed by atoms with E-state index in [1.807, 2.05) is 19.1 Å². The maximum atomic E-state index is 12.1. The minimum absolute atomic E-state index is 0.0413. The van der Waals surface area contributed by atoms with Crippen molar-refractivity contribution in [2.24, 2.45) is 5.92 Å². The molecule has 1 aliphatic rings. The molecule has 1 atom stereocenters. The Bertz CT molecular complexity index is 714. The van der Waals surface area contributed by atoms with Crippen LogP contribution in [0.3, 0.4) is 0 Å². The highest BCUT2D eigenvalue weighted by molar-refractivity contribution is 7.99. The van der Waals surface area contributed by atoms with Gasteiger partial charge >= 0.3 is 0 Å². The van der Waals surface area contributed by atoms with Crippen LogP contribution in [0, 0.1) is 12.8 Å². The average Bonchev–Trinajstić information content (AvgIpc) is 3.02. The van der Waals surface area contributed by atoms with E-state index in [1.54, 1.807) is 23.1 Å². The molecule has 1 fully saturated rings. The Labute approximate surface area is 164 Å². The number of aryl methyl sites for hydroxylation is 1. The molecule has 0 unspecified atom stereocenters. The zero-order valence-corrected chi connectivity index (χ0v) is 17.2. The topological polar surface area (TPSA) is 45.2 Å². The van der Waals surface area contributed by atoms with Gasteiger partial charge in [-0.1, -0.05) is 19.1 Å². The van der Waals surface area contributed by atoms with Crippen molar-refractivity contribution in [2.75, 3.05) is 24.2 Å². The third-order valence-electron chi connectivity index (χ3n) is 4.53. The number of aromatic nitrogens is 1. The maximum Gasteiger partial charge on any atom is 0.234 e. The number of rotatable bonds is 7. The van der Waals surface area contributed by atoms with E-state index in [1.165, 1.54) is 31.5 Å². The van der Waals surface area contributed by atoms with Crippen molar-refractivity contribution in [2.45, 2.75) is 39.0 Å². The van der Waals surface area contributed by atoms with Crippen LogP contribution in [-0.2, 0) is 17.1 Å². The fourth-order valence-corrected chi connectivity index (χ4v) is 4.74. The number of carbonyl (C=O) groups excluding carboxylic acids is 1. The van der Waals surface area contributed by atoms with Crippen molar-refractivity contribution < 1.29 is 4.79 Å². The van der Waals surface area contributed by atoms with E-state index in [0.29, 0.717) is 5.75 Å². The fraction of sp³-hybridized carbons (Fsp3) is 0.500. The van der Waals surface area contributed by atoms with Gasteiger partial charge in [-0.05, 0) is 49.9 Å². The van der Waals surface area contributed by atoms with Crippen LogP contribution in [0.5, 0.6) is 0 Å². The van der Waals surface area contributed by atoms with E-state index in [0.717, 1.165) is 34.6 Å². The summed E-state index contributed by atoms with van der Waals surface area (Å²) >= 11 is 3.25. The number of thiazole rings is 1. The molecule has 0 radical (unpaired) electrons. The lowest BCUT2D eigenvalue weighted by Gasteiger charge is -2.30. The molecule has 4 nitrogen and oxygen atoms in total. The van der Waals surface area contributed by atoms with Gasteiger partial charge in [-0.3, -0.25) is 9.69 Å². The Morgan fingerprint density at radius 3 is 2.88 bits per heavy atom. The second-order valence-electron chi connectivity index (χ2n) is 7.08. The number of hydrogen-bond donors (Lipinski definition) is 1. The maximum absolute atomic E-state index is 12.1. The summed E-state index contributed by atoms with van der Waals surface area (Å²) in [5.74, 6) is 2.07. The number of thioether (sulfide) groups is 1. The lowest BCUT2D eigenvalue weighted by Crippen LogP contribution is -2.33. The van der Waals surface area contributed by atoms with Crippen molar-refractivity contribution >= 4 is 34.7 Å². The molecule has 6 heteroatoms. The molecule has 1 N–H and O–H groups in total. The average molecular weight is 390 g/mol. The minimum Gasteiger partial charge on any atom is -0.325 e. The monoisotopic (exact) mass is 389 g/mol. The Morgan fingerprint density at radius 2 is 2.19 bits per heavy atom. The number of amides is 1. The second kappa shape index (κ2) is 9.53. The Morgan fingerprint density at radius 1 is 1.38 bits per heavy atom. The lowest BCUT2D eigenvalue weighted by molar-refractivity contribution is -0.113. The zero-order chi connectivity index (χ0) is 18.4. The molecule has 0 aliphatic carbocycles. The summed E-state index contributed by atoms with van der Waals surface area (Å²) in [6, 6.07) is 8.27. The van der Waals surface area contributed by atoms with Crippen molar-refractivity contribution in [1.29, 1.82) is 0 Å². The van der Waals surface area contributed by atoms with Crippen LogP contribution in [0.25, 0.3) is 0 Å². The van der Waals surface area contributed by atoms with Gasteiger partial charge < -0.3 is 5.32 Å². The Balaban J connectivity index is 1.41. The lowest BCUT2D eigenvalue weighted by atomic mass is 10.00. The highest BCUT2D eigenvalue weighted by atomic mass is 32.2. The van der Waals surface area contributed by atoms with Crippen LogP contribution in [0.15, 0.2) is 29.6 Å². The number of benzene rings is 1. The third kappa shape index (κ3) is 6.11. The summed E-state index contributed by atoms with van der Waals surface area (Å²) in [6.07, 6.45) is 2.65. The summed E-state index contributed by atoms with van der Waals surface area (Å²) in [5, 5.41) is 6.11. The van der Waals surface area contributed by atoms with Crippen molar-refractivity contribution in [3.63, 3.8) is 0 Å². The van der Waals surface area contributed by atoms with Crippen LogP contribution in [-0.4, -0.2) is 34.6 Å². The first-order valence-corrected chi connectivity index (χ1v) is 11.2. The number of likely N-dealkylation sites (tertiary alicyclic amines) is 1. The zero-order valence-electron chi connectivity index (χ0n) is 15.5. The molecule has 1 saturated heterocycles. The van der Waals surface area contributed by atoms with Crippen LogP contribution < -0.4 is 5.32 Å². The molecule has 0 bridgehead atoms. The molecule has 1 aliphatic heterocycles. The van der Waals surface area contributed by atoms with Crippen molar-refractivity contribution in [3.8, 4) is 0 Å². The summed E-state index contributed by atoms with van der Waals surface area (Å²) in [5.41, 5.74) is 3.24. The number of nitrogens with one attached hydrogen (secondary N) is 1. The smallest absolute Gasteiger partial charge is 0.234 e. The molecular formula is C20H27N3OS2. The molecule has 26 heavy (non-hydrogen) atoms. The van der Waals surface area contributed by atoms with E-state index in [4.69, 9.17) is 0 Å². The fourth-order valence-electron chi connectivity index (χ4n) is 3.30. The molecule has 2 heterocycles. The van der Waals surface area contributed by atoms with Gasteiger partial charge in [0.15, 0.2) is 0 Å². The summed E-state index contributed by atoms with van der Waals surface area (Å²) in [7, 11) is 0. The number of nitrogens with zero attached hydrogens (tertiary/aromatic N) is 2. The molecule has 1 amide bonds. The molecular weight excluding hydrogens is 362 g/mol. The molecule has 0 spiro atoms. The van der Waals surface area contributed by atoms with Gasteiger partial charge in [0.25, 0.3) is 0 Å². The summed E-state index contributed by atoms with van der Waals surface area (Å²) in [4.78, 5) is 19.0. The first-order valence-electron chi connectivity index (χ1n) is 9.18. The quantitative estimate of drug-likeness (QED) is 0.754. The van der Waals surface area contributed by atoms with Gasteiger partial charge in [0.05, 0.1) is 16.5 Å². The Hall–Kier alpha value is -1.37. The van der Waals surface area contributed by atoms with Crippen molar-refractivity contribution in [3.05, 3.63) is 45.9 Å². The molecule has 2 aromatic rings. The third-order valence-corrected chi connectivity index (χ3v) is 6.32. The van der Waals surface area contributed by atoms with E-state index in [-0.39, 0.29) is 5.91 Å². The van der Waals surface area contributed by atoms with Gasteiger partial charge in [0.1, 0.15) is 0 Å². The van der Waals surface area contributed by atoms with Gasteiger partial charge in [0, 0.05) is 29.9 Å². The van der Waals surface area contributed by atoms with Crippen LogP contribution in [0.4, 0.5) is 5.69 Å². The largest absolute Gasteiger partial charge is 0.325 e. The predicted octanol–water partition coefficient (Wildman–Crippen LogP) is 4.56. The standard InChI is InChI=1S/C20H27N3OS2/c1-15-4-3-9-23(10-15)11-17-5-7-18(8-6-17)22-20(24)14-25-12-19-13-26-16(2)21-19/h5-8,13,15H,3-4,9-12,14H2,1-2H3,(H,22,24)/t15-/m0/s1. The predicted molar refractivity (Wildman–Crippen MR) is 112 cm³/mol. The van der Waals surface area contributed by atoms with Gasteiger partial charge in [-0.15, -0.1) is 23.1 Å². The number of hydrogen-bond acceptors (Lipinski definition) is 5. The van der Waals surface area contributed by atoms with Gasteiger partial charge in [-0.25, -0.2) is 4.98 Å². The SMILES string of the molecule is Cc1nc(CSCC(=O)Nc2ccc(CN3CCC[C@H](C)C3)cc2)cs1. The van der Waals surface area contributed by atoms with E-state index < -0.39 is 0 Å². The molecule has 3 rings (SSSR count). The van der Waals surface area contributed by atoms with Gasteiger partial charge in [-0.2, -0.15) is 0 Å². The first-order chi connectivity index (χ1) is 12.6. The highest BCUT2D eigenvalue weighted by Crippen LogP contribution is 2.19. The second-order valence-corrected chi connectivity index (χ2v) is 9.13.